The van der Waals surface area contributed by atoms with Crippen molar-refractivity contribution >= 4 is 28.6 Å². The van der Waals surface area contributed by atoms with E-state index in [4.69, 9.17) is 0 Å². The second kappa shape index (κ2) is 9.22. The Morgan fingerprint density at radius 1 is 0.812 bits per heavy atom. The number of hydrogen-bond donors (Lipinski definition) is 2. The maximum absolute atomic E-state index is 12.6. The van der Waals surface area contributed by atoms with Crippen molar-refractivity contribution < 1.29 is 19.5 Å². The summed E-state index contributed by atoms with van der Waals surface area (Å²) in [6, 6.07) is 23.6. The van der Waals surface area contributed by atoms with E-state index in [1.165, 1.54) is 6.20 Å². The van der Waals surface area contributed by atoms with E-state index in [9.17, 15) is 19.5 Å². The smallest absolute Gasteiger partial charge is 0.326 e. The highest BCUT2D eigenvalue weighted by Crippen LogP contribution is 2.15. The molecule has 2 N–H and O–H groups in total. The summed E-state index contributed by atoms with van der Waals surface area (Å²) < 4.78 is 0. The first-order valence-corrected chi connectivity index (χ1v) is 10.1. The highest BCUT2D eigenvalue weighted by Gasteiger charge is 2.22. The number of para-hydroxylation sites is 1. The van der Waals surface area contributed by atoms with Crippen LogP contribution in [0.25, 0.3) is 10.9 Å². The summed E-state index contributed by atoms with van der Waals surface area (Å²) in [7, 11) is 0. The van der Waals surface area contributed by atoms with Crippen molar-refractivity contribution in [3.63, 3.8) is 0 Å². The summed E-state index contributed by atoms with van der Waals surface area (Å²) in [6.07, 6.45) is 1.52. The summed E-state index contributed by atoms with van der Waals surface area (Å²) in [6.45, 7) is 0. The summed E-state index contributed by atoms with van der Waals surface area (Å²) in [4.78, 5) is 41.2. The Kier molecular flexibility index (Phi) is 6.03. The molecule has 0 unspecified atom stereocenters. The van der Waals surface area contributed by atoms with Crippen LogP contribution in [0.1, 0.15) is 31.8 Å². The van der Waals surface area contributed by atoms with Crippen molar-refractivity contribution in [2.75, 3.05) is 0 Å². The van der Waals surface area contributed by atoms with Gasteiger partial charge in [0, 0.05) is 29.1 Å². The molecule has 0 aliphatic heterocycles. The molecule has 0 radical (unpaired) electrons. The second-order valence-corrected chi connectivity index (χ2v) is 7.38. The Morgan fingerprint density at radius 3 is 2.19 bits per heavy atom. The molecule has 158 valence electrons. The Labute approximate surface area is 184 Å². The lowest BCUT2D eigenvalue weighted by Crippen LogP contribution is -2.42. The van der Waals surface area contributed by atoms with E-state index < -0.39 is 17.9 Å². The monoisotopic (exact) mass is 424 g/mol. The van der Waals surface area contributed by atoms with Gasteiger partial charge >= 0.3 is 5.97 Å². The first-order chi connectivity index (χ1) is 15.5. The number of carbonyl (C=O) groups is 3. The molecule has 6 heteroatoms. The zero-order valence-corrected chi connectivity index (χ0v) is 17.1. The van der Waals surface area contributed by atoms with Crippen LogP contribution in [0.15, 0.2) is 91.1 Å². The first kappa shape index (κ1) is 20.9. The predicted molar refractivity (Wildman–Crippen MR) is 121 cm³/mol. The summed E-state index contributed by atoms with van der Waals surface area (Å²) in [5.74, 6) is -1.76. The van der Waals surface area contributed by atoms with E-state index in [2.05, 4.69) is 10.3 Å². The SMILES string of the molecule is O=C(N[C@@H](Cc1ccc(C(=O)c2ccccc2)cc1)C(=O)O)c1cnc2ccccc2c1. The van der Waals surface area contributed by atoms with Crippen molar-refractivity contribution in [2.24, 2.45) is 0 Å². The molecule has 1 atom stereocenters. The van der Waals surface area contributed by atoms with Crippen LogP contribution < -0.4 is 5.32 Å². The number of carboxylic acid groups (broad SMARTS) is 1. The fourth-order valence-electron chi connectivity index (χ4n) is 3.42. The van der Waals surface area contributed by atoms with Crippen LogP contribution in [0, 0.1) is 0 Å². The number of hydrogen-bond acceptors (Lipinski definition) is 4. The average Bonchev–Trinajstić information content (AvgIpc) is 2.83. The Morgan fingerprint density at radius 2 is 1.47 bits per heavy atom. The van der Waals surface area contributed by atoms with Crippen molar-refractivity contribution in [1.82, 2.24) is 10.3 Å². The lowest BCUT2D eigenvalue weighted by atomic mass is 9.99. The molecule has 0 aliphatic rings. The summed E-state index contributed by atoms with van der Waals surface area (Å²) in [5, 5.41) is 13.0. The standard InChI is InChI=1S/C26H20N2O4/c29-24(18-6-2-1-3-7-18)19-12-10-17(11-13-19)14-23(26(31)32)28-25(30)21-15-20-8-4-5-9-22(20)27-16-21/h1-13,15-16,23H,14H2,(H,28,30)(H,31,32)/t23-/m0/s1. The van der Waals surface area contributed by atoms with Crippen LogP contribution in [-0.2, 0) is 11.2 Å². The average molecular weight is 424 g/mol. The molecule has 0 bridgehead atoms. The minimum absolute atomic E-state index is 0.0852. The maximum atomic E-state index is 12.6. The third-order valence-corrected chi connectivity index (χ3v) is 5.15. The number of amides is 1. The third-order valence-electron chi connectivity index (χ3n) is 5.15. The lowest BCUT2D eigenvalue weighted by molar-refractivity contribution is -0.139. The fraction of sp³-hybridized carbons (Fsp3) is 0.0769. The molecule has 0 saturated carbocycles. The number of pyridine rings is 1. The zero-order chi connectivity index (χ0) is 22.5. The van der Waals surface area contributed by atoms with Gasteiger partial charge in [0.2, 0.25) is 0 Å². The number of benzene rings is 3. The van der Waals surface area contributed by atoms with Gasteiger partial charge in [-0.3, -0.25) is 14.6 Å². The Balaban J connectivity index is 1.46. The molecule has 0 spiro atoms. The summed E-state index contributed by atoms with van der Waals surface area (Å²) in [5.41, 5.74) is 2.83. The molecule has 4 aromatic rings. The van der Waals surface area contributed by atoms with Gasteiger partial charge in [-0.25, -0.2) is 4.79 Å². The van der Waals surface area contributed by atoms with Crippen molar-refractivity contribution in [3.05, 3.63) is 113 Å². The minimum atomic E-state index is -1.14. The van der Waals surface area contributed by atoms with E-state index in [0.717, 1.165) is 10.9 Å². The van der Waals surface area contributed by atoms with Gasteiger partial charge in [0.1, 0.15) is 6.04 Å². The number of aromatic nitrogens is 1. The quantitative estimate of drug-likeness (QED) is 0.439. The number of nitrogens with zero attached hydrogens (tertiary/aromatic N) is 1. The first-order valence-electron chi connectivity index (χ1n) is 10.1. The van der Waals surface area contributed by atoms with Gasteiger partial charge in [0.15, 0.2) is 5.78 Å². The molecule has 0 fully saturated rings. The van der Waals surface area contributed by atoms with Gasteiger partial charge in [-0.2, -0.15) is 0 Å². The molecular weight excluding hydrogens is 404 g/mol. The lowest BCUT2D eigenvalue weighted by Gasteiger charge is -2.15. The van der Waals surface area contributed by atoms with E-state index in [1.807, 2.05) is 30.3 Å². The van der Waals surface area contributed by atoms with Crippen LogP contribution in [-0.4, -0.2) is 33.8 Å². The fourth-order valence-corrected chi connectivity index (χ4v) is 3.42. The molecular formula is C26H20N2O4. The molecule has 3 aromatic carbocycles. The highest BCUT2D eigenvalue weighted by molar-refractivity contribution is 6.09. The number of carbonyl (C=O) groups excluding carboxylic acids is 2. The zero-order valence-electron chi connectivity index (χ0n) is 17.1. The number of fused-ring (bicyclic) bond motifs is 1. The number of carboxylic acids is 1. The minimum Gasteiger partial charge on any atom is -0.480 e. The van der Waals surface area contributed by atoms with Gasteiger partial charge < -0.3 is 10.4 Å². The van der Waals surface area contributed by atoms with Crippen LogP contribution in [0.2, 0.25) is 0 Å². The summed E-state index contributed by atoms with van der Waals surface area (Å²) >= 11 is 0. The van der Waals surface area contributed by atoms with Gasteiger partial charge in [-0.05, 0) is 17.7 Å². The topological polar surface area (TPSA) is 96.4 Å². The normalized spacial score (nSPS) is 11.6. The van der Waals surface area contributed by atoms with Crippen molar-refractivity contribution in [3.8, 4) is 0 Å². The van der Waals surface area contributed by atoms with Crippen LogP contribution >= 0.6 is 0 Å². The molecule has 6 nitrogen and oxygen atoms in total. The van der Waals surface area contributed by atoms with E-state index in [0.29, 0.717) is 22.3 Å². The van der Waals surface area contributed by atoms with E-state index >= 15 is 0 Å². The van der Waals surface area contributed by atoms with Crippen molar-refractivity contribution in [2.45, 2.75) is 12.5 Å². The Hall–Kier alpha value is -4.32. The molecule has 32 heavy (non-hydrogen) atoms. The Bertz CT molecular complexity index is 1280. The molecule has 4 rings (SSSR count). The maximum Gasteiger partial charge on any atom is 0.326 e. The number of rotatable bonds is 7. The van der Waals surface area contributed by atoms with Gasteiger partial charge in [-0.1, -0.05) is 72.8 Å². The molecule has 1 amide bonds. The molecule has 0 saturated heterocycles. The number of aliphatic carboxylic acids is 1. The second-order valence-electron chi connectivity index (χ2n) is 7.38. The largest absolute Gasteiger partial charge is 0.480 e. The molecule has 1 aromatic heterocycles. The van der Waals surface area contributed by atoms with Gasteiger partial charge in [-0.15, -0.1) is 0 Å². The third kappa shape index (κ3) is 4.70. The van der Waals surface area contributed by atoms with Gasteiger partial charge in [0.25, 0.3) is 5.91 Å². The molecule has 0 aliphatic carbocycles. The van der Waals surface area contributed by atoms with Crippen molar-refractivity contribution in [1.29, 1.82) is 0 Å². The van der Waals surface area contributed by atoms with Gasteiger partial charge in [0.05, 0.1) is 11.1 Å². The van der Waals surface area contributed by atoms with Crippen LogP contribution in [0.4, 0.5) is 0 Å². The predicted octanol–water partition coefficient (Wildman–Crippen LogP) is 3.89. The van der Waals surface area contributed by atoms with Crippen LogP contribution in [0.3, 0.4) is 0 Å². The van der Waals surface area contributed by atoms with Crippen LogP contribution in [0.5, 0.6) is 0 Å². The van der Waals surface area contributed by atoms with E-state index in [-0.39, 0.29) is 12.2 Å². The van der Waals surface area contributed by atoms with E-state index in [1.54, 1.807) is 54.6 Å². The number of ketones is 1. The number of nitrogens with one attached hydrogen (secondary N) is 1. The highest BCUT2D eigenvalue weighted by atomic mass is 16.4. The molecule has 1 heterocycles.